The average molecular weight is 220 g/mol. The molecule has 0 atom stereocenters. The first-order valence-electron chi connectivity index (χ1n) is 6.20. The largest absolute Gasteiger partial charge is 0.380 e. The monoisotopic (exact) mass is 220 g/mol. The van der Waals surface area contributed by atoms with E-state index in [2.05, 4.69) is 22.4 Å². The lowest BCUT2D eigenvalue weighted by Gasteiger charge is -2.15. The molecular weight excluding hydrogens is 200 g/mol. The van der Waals surface area contributed by atoms with Crippen LogP contribution < -0.4 is 5.32 Å². The molecule has 1 aromatic rings. The normalized spacial score (nSPS) is 14.6. The zero-order valence-corrected chi connectivity index (χ0v) is 9.96. The van der Waals surface area contributed by atoms with Gasteiger partial charge in [-0.3, -0.25) is 0 Å². The molecule has 0 aliphatic heterocycles. The molecule has 1 heterocycles. The Morgan fingerprint density at radius 1 is 1.31 bits per heavy atom. The van der Waals surface area contributed by atoms with E-state index in [1.807, 2.05) is 6.92 Å². The van der Waals surface area contributed by atoms with Crippen LogP contribution in [-0.2, 0) is 17.6 Å². The molecule has 0 saturated carbocycles. The van der Waals surface area contributed by atoms with E-state index in [-0.39, 0.29) is 0 Å². The minimum absolute atomic E-state index is 0.745. The fourth-order valence-corrected chi connectivity index (χ4v) is 2.08. The molecule has 0 aromatic carbocycles. The number of rotatable bonds is 5. The number of fused-ring (bicyclic) bond motifs is 1. The van der Waals surface area contributed by atoms with Crippen LogP contribution in [0.25, 0.3) is 0 Å². The number of anilines is 1. The van der Waals surface area contributed by atoms with Gasteiger partial charge >= 0.3 is 0 Å². The Hall–Kier alpha value is -1.09. The fraction of sp³-hybridized carbons (Fsp3) is 0.615. The van der Waals surface area contributed by atoms with Crippen molar-refractivity contribution in [1.29, 1.82) is 0 Å². The second kappa shape index (κ2) is 5.85. The number of nitrogens with zero attached hydrogens (tertiary/aromatic N) is 1. The molecular formula is C13H20N2O. The van der Waals surface area contributed by atoms with Crippen LogP contribution >= 0.6 is 0 Å². The van der Waals surface area contributed by atoms with Crippen molar-refractivity contribution in [1.82, 2.24) is 4.98 Å². The van der Waals surface area contributed by atoms with Crippen molar-refractivity contribution >= 4 is 5.82 Å². The number of ether oxygens (including phenoxy) is 1. The molecule has 0 amide bonds. The summed E-state index contributed by atoms with van der Waals surface area (Å²) in [6, 6.07) is 4.29. The van der Waals surface area contributed by atoms with Crippen molar-refractivity contribution in [3.8, 4) is 0 Å². The summed E-state index contributed by atoms with van der Waals surface area (Å²) in [5.41, 5.74) is 2.72. The Bertz CT molecular complexity index is 339. The van der Waals surface area contributed by atoms with Gasteiger partial charge in [0.15, 0.2) is 0 Å². The molecule has 3 nitrogen and oxygen atoms in total. The number of aryl methyl sites for hydroxylation is 2. The number of hydrogen-bond donors (Lipinski definition) is 1. The third kappa shape index (κ3) is 2.95. The van der Waals surface area contributed by atoms with E-state index in [4.69, 9.17) is 4.74 Å². The summed E-state index contributed by atoms with van der Waals surface area (Å²) in [6.45, 7) is 4.37. The number of hydrogen-bond acceptors (Lipinski definition) is 3. The minimum Gasteiger partial charge on any atom is -0.380 e. The van der Waals surface area contributed by atoms with Crippen LogP contribution in [0.1, 0.15) is 31.0 Å². The molecule has 1 aliphatic carbocycles. The lowest BCUT2D eigenvalue weighted by Crippen LogP contribution is -2.12. The Balaban J connectivity index is 1.90. The molecule has 1 aromatic heterocycles. The molecule has 2 rings (SSSR count). The van der Waals surface area contributed by atoms with E-state index in [1.54, 1.807) is 0 Å². The Morgan fingerprint density at radius 2 is 2.19 bits per heavy atom. The SMILES string of the molecule is CCOCCNc1ccc2c(n1)CCCC2. The second-order valence-electron chi connectivity index (χ2n) is 4.13. The molecule has 0 radical (unpaired) electrons. The fourth-order valence-electron chi connectivity index (χ4n) is 2.08. The third-order valence-electron chi connectivity index (χ3n) is 2.93. The average Bonchev–Trinajstić information content (AvgIpc) is 2.34. The van der Waals surface area contributed by atoms with Gasteiger partial charge in [-0.25, -0.2) is 4.98 Å². The van der Waals surface area contributed by atoms with Crippen LogP contribution in [0.2, 0.25) is 0 Å². The van der Waals surface area contributed by atoms with Crippen molar-refractivity contribution in [2.45, 2.75) is 32.6 Å². The predicted molar refractivity (Wildman–Crippen MR) is 65.9 cm³/mol. The molecule has 1 N–H and O–H groups in total. The second-order valence-corrected chi connectivity index (χ2v) is 4.13. The van der Waals surface area contributed by atoms with Crippen LogP contribution in [0.15, 0.2) is 12.1 Å². The number of aromatic nitrogens is 1. The lowest BCUT2D eigenvalue weighted by atomic mass is 9.96. The zero-order chi connectivity index (χ0) is 11.2. The van der Waals surface area contributed by atoms with Gasteiger partial charge in [0.05, 0.1) is 6.61 Å². The standard InChI is InChI=1S/C13H20N2O/c1-2-16-10-9-14-13-8-7-11-5-3-4-6-12(11)15-13/h7-8H,2-6,9-10H2,1H3,(H,14,15). The number of nitrogens with one attached hydrogen (secondary N) is 1. The highest BCUT2D eigenvalue weighted by molar-refractivity contribution is 5.39. The Labute approximate surface area is 97.2 Å². The summed E-state index contributed by atoms with van der Waals surface area (Å²) in [4.78, 5) is 4.64. The molecule has 16 heavy (non-hydrogen) atoms. The van der Waals surface area contributed by atoms with Crippen LogP contribution in [-0.4, -0.2) is 24.7 Å². The summed E-state index contributed by atoms with van der Waals surface area (Å²) in [5, 5.41) is 3.29. The first-order chi connectivity index (χ1) is 7.90. The Kier molecular flexibility index (Phi) is 4.17. The van der Waals surface area contributed by atoms with Crippen molar-refractivity contribution in [2.75, 3.05) is 25.1 Å². The molecule has 0 bridgehead atoms. The van der Waals surface area contributed by atoms with E-state index >= 15 is 0 Å². The van der Waals surface area contributed by atoms with Gasteiger partial charge in [-0.2, -0.15) is 0 Å². The van der Waals surface area contributed by atoms with Crippen molar-refractivity contribution in [2.24, 2.45) is 0 Å². The van der Waals surface area contributed by atoms with E-state index in [1.165, 1.54) is 30.5 Å². The van der Waals surface area contributed by atoms with Gasteiger partial charge in [-0.1, -0.05) is 6.07 Å². The van der Waals surface area contributed by atoms with Crippen LogP contribution in [0.3, 0.4) is 0 Å². The topological polar surface area (TPSA) is 34.1 Å². The molecule has 0 spiro atoms. The molecule has 0 saturated heterocycles. The van der Waals surface area contributed by atoms with Crippen molar-refractivity contribution in [3.05, 3.63) is 23.4 Å². The summed E-state index contributed by atoms with van der Waals surface area (Å²) in [5.74, 6) is 0.986. The van der Waals surface area contributed by atoms with E-state index < -0.39 is 0 Å². The number of pyridine rings is 1. The van der Waals surface area contributed by atoms with Crippen LogP contribution in [0.4, 0.5) is 5.82 Å². The van der Waals surface area contributed by atoms with Gasteiger partial charge in [0.2, 0.25) is 0 Å². The van der Waals surface area contributed by atoms with Gasteiger partial charge in [0.1, 0.15) is 5.82 Å². The first-order valence-corrected chi connectivity index (χ1v) is 6.20. The van der Waals surface area contributed by atoms with Crippen molar-refractivity contribution < 1.29 is 4.74 Å². The van der Waals surface area contributed by atoms with Crippen LogP contribution in [0, 0.1) is 0 Å². The molecule has 1 aliphatic rings. The molecule has 3 heteroatoms. The summed E-state index contributed by atoms with van der Waals surface area (Å²) < 4.78 is 5.28. The highest BCUT2D eigenvalue weighted by Crippen LogP contribution is 2.20. The Morgan fingerprint density at radius 3 is 3.06 bits per heavy atom. The lowest BCUT2D eigenvalue weighted by molar-refractivity contribution is 0.158. The predicted octanol–water partition coefficient (Wildman–Crippen LogP) is 2.41. The molecule has 0 unspecified atom stereocenters. The highest BCUT2D eigenvalue weighted by Gasteiger charge is 2.10. The minimum atomic E-state index is 0.745. The first kappa shape index (κ1) is 11.4. The van der Waals surface area contributed by atoms with E-state index in [0.717, 1.165) is 32.0 Å². The van der Waals surface area contributed by atoms with E-state index in [0.29, 0.717) is 0 Å². The highest BCUT2D eigenvalue weighted by atomic mass is 16.5. The summed E-state index contributed by atoms with van der Waals surface area (Å²) in [6.07, 6.45) is 4.92. The van der Waals surface area contributed by atoms with Gasteiger partial charge < -0.3 is 10.1 Å². The van der Waals surface area contributed by atoms with Crippen molar-refractivity contribution in [3.63, 3.8) is 0 Å². The maximum Gasteiger partial charge on any atom is 0.126 e. The maximum absolute atomic E-state index is 5.28. The quantitative estimate of drug-likeness (QED) is 0.774. The molecule has 0 fully saturated rings. The summed E-state index contributed by atoms with van der Waals surface area (Å²) in [7, 11) is 0. The third-order valence-corrected chi connectivity index (χ3v) is 2.93. The van der Waals surface area contributed by atoms with Crippen LogP contribution in [0.5, 0.6) is 0 Å². The smallest absolute Gasteiger partial charge is 0.126 e. The maximum atomic E-state index is 5.28. The van der Waals surface area contributed by atoms with Gasteiger partial charge in [-0.15, -0.1) is 0 Å². The summed E-state index contributed by atoms with van der Waals surface area (Å²) >= 11 is 0. The van der Waals surface area contributed by atoms with E-state index in [9.17, 15) is 0 Å². The zero-order valence-electron chi connectivity index (χ0n) is 9.96. The van der Waals surface area contributed by atoms with Gasteiger partial charge in [0, 0.05) is 18.8 Å². The van der Waals surface area contributed by atoms with Gasteiger partial charge in [-0.05, 0) is 44.2 Å². The van der Waals surface area contributed by atoms with Gasteiger partial charge in [0.25, 0.3) is 0 Å². The molecule has 88 valence electrons.